The zero-order valence-corrected chi connectivity index (χ0v) is 16.3. The molecule has 7 heteroatoms. The normalized spacial score (nSPS) is 17.1. The number of rotatable bonds is 6. The minimum absolute atomic E-state index is 0.249. The molecule has 1 saturated heterocycles. The zero-order valence-electron chi connectivity index (χ0n) is 15.5. The van der Waals surface area contributed by atoms with Gasteiger partial charge in [-0.2, -0.15) is 5.10 Å². The zero-order chi connectivity index (χ0) is 18.7. The predicted octanol–water partition coefficient (Wildman–Crippen LogP) is 2.43. The van der Waals surface area contributed by atoms with E-state index in [2.05, 4.69) is 35.6 Å². The van der Waals surface area contributed by atoms with Gasteiger partial charge in [0, 0.05) is 24.8 Å². The maximum atomic E-state index is 12.3. The molecule has 2 heterocycles. The van der Waals surface area contributed by atoms with E-state index in [9.17, 15) is 8.42 Å². The van der Waals surface area contributed by atoms with Crippen LogP contribution in [0.2, 0.25) is 0 Å². The van der Waals surface area contributed by atoms with Crippen LogP contribution < -0.4 is 5.73 Å². The Hall–Kier alpha value is -1.70. The number of nitrogens with two attached hydrogens (primary N) is 1. The number of piperidine rings is 1. The van der Waals surface area contributed by atoms with Crippen LogP contribution in [-0.2, 0) is 16.4 Å². The third-order valence-electron chi connectivity index (χ3n) is 5.07. The largest absolute Gasteiger partial charge is 0.330 e. The third kappa shape index (κ3) is 4.00. The van der Waals surface area contributed by atoms with Crippen LogP contribution in [0, 0.1) is 0 Å². The molecule has 1 fully saturated rings. The molecule has 0 saturated carbocycles. The van der Waals surface area contributed by atoms with Crippen LogP contribution >= 0.6 is 0 Å². The van der Waals surface area contributed by atoms with E-state index in [0.717, 1.165) is 30.4 Å². The van der Waals surface area contributed by atoms with Gasteiger partial charge in [0.15, 0.2) is 0 Å². The monoisotopic (exact) mass is 376 g/mol. The van der Waals surface area contributed by atoms with E-state index < -0.39 is 10.0 Å². The second-order valence-electron chi connectivity index (χ2n) is 7.17. The minimum atomic E-state index is -3.16. The van der Waals surface area contributed by atoms with Crippen LogP contribution in [0.4, 0.5) is 0 Å². The molecule has 6 nitrogen and oxygen atoms in total. The molecule has 1 aromatic heterocycles. The smallest absolute Gasteiger partial charge is 0.216 e. The molecule has 0 aliphatic carbocycles. The highest BCUT2D eigenvalue weighted by Gasteiger charge is 2.30. The van der Waals surface area contributed by atoms with Crippen molar-refractivity contribution in [2.45, 2.75) is 44.4 Å². The fraction of sp³-hybridized carbons (Fsp3) is 0.526. The van der Waals surface area contributed by atoms with E-state index >= 15 is 0 Å². The lowest BCUT2D eigenvalue weighted by Gasteiger charge is -2.32. The van der Waals surface area contributed by atoms with Gasteiger partial charge >= 0.3 is 0 Å². The van der Waals surface area contributed by atoms with Gasteiger partial charge in [-0.15, -0.1) is 0 Å². The standard InChI is InChI=1S/C19H28N4O2S/c1-15(2)26(24,25)22-11-8-19(9-12-22)23-14-18(13-21-23)17-5-3-16(4-6-17)7-10-20/h3-6,13-15,19H,7-12,20H2,1-2H3. The maximum Gasteiger partial charge on any atom is 0.216 e. The van der Waals surface area contributed by atoms with Crippen LogP contribution in [-0.4, -0.2) is 47.4 Å². The lowest BCUT2D eigenvalue weighted by molar-refractivity contribution is 0.260. The maximum absolute atomic E-state index is 12.3. The quantitative estimate of drug-likeness (QED) is 0.839. The lowest BCUT2D eigenvalue weighted by atomic mass is 10.1. The highest BCUT2D eigenvalue weighted by Crippen LogP contribution is 2.27. The fourth-order valence-corrected chi connectivity index (χ4v) is 4.69. The molecule has 1 aliphatic heterocycles. The summed E-state index contributed by atoms with van der Waals surface area (Å²) in [5.74, 6) is 0. The molecule has 3 rings (SSSR count). The summed E-state index contributed by atoms with van der Waals surface area (Å²) < 4.78 is 28.2. The average Bonchev–Trinajstić information content (AvgIpc) is 3.13. The van der Waals surface area contributed by atoms with Gasteiger partial charge in [-0.25, -0.2) is 12.7 Å². The first-order valence-electron chi connectivity index (χ1n) is 9.24. The molecule has 0 bridgehead atoms. The van der Waals surface area contributed by atoms with Crippen LogP contribution in [0.1, 0.15) is 38.3 Å². The number of hydrogen-bond acceptors (Lipinski definition) is 4. The van der Waals surface area contributed by atoms with Crippen molar-refractivity contribution in [2.24, 2.45) is 5.73 Å². The number of sulfonamides is 1. The van der Waals surface area contributed by atoms with E-state index in [1.807, 2.05) is 10.9 Å². The summed E-state index contributed by atoms with van der Waals surface area (Å²) in [6.45, 7) is 5.25. The first kappa shape index (κ1) is 19.1. The number of nitrogens with zero attached hydrogens (tertiary/aromatic N) is 3. The number of aromatic nitrogens is 2. The molecule has 0 amide bonds. The van der Waals surface area contributed by atoms with Crippen LogP contribution in [0.5, 0.6) is 0 Å². The third-order valence-corrected chi connectivity index (χ3v) is 7.35. The average molecular weight is 377 g/mol. The highest BCUT2D eigenvalue weighted by atomic mass is 32.2. The summed E-state index contributed by atoms with van der Waals surface area (Å²) >= 11 is 0. The topological polar surface area (TPSA) is 81.2 Å². The van der Waals surface area contributed by atoms with Gasteiger partial charge in [0.05, 0.1) is 17.5 Å². The van der Waals surface area contributed by atoms with Crippen LogP contribution in [0.25, 0.3) is 11.1 Å². The summed E-state index contributed by atoms with van der Waals surface area (Å²) in [6, 6.07) is 8.66. The fourth-order valence-electron chi connectivity index (χ4n) is 3.38. The second kappa shape index (κ2) is 7.90. The van der Waals surface area contributed by atoms with E-state index in [-0.39, 0.29) is 11.3 Å². The Balaban J connectivity index is 1.66. The van der Waals surface area contributed by atoms with Crippen molar-refractivity contribution in [3.63, 3.8) is 0 Å². The molecule has 1 aliphatic rings. The van der Waals surface area contributed by atoms with Crippen molar-refractivity contribution < 1.29 is 8.42 Å². The van der Waals surface area contributed by atoms with Crippen molar-refractivity contribution in [3.8, 4) is 11.1 Å². The molecule has 1 aromatic carbocycles. The van der Waals surface area contributed by atoms with Crippen LogP contribution in [0.3, 0.4) is 0 Å². The predicted molar refractivity (Wildman–Crippen MR) is 104 cm³/mol. The SMILES string of the molecule is CC(C)S(=O)(=O)N1CCC(n2cc(-c3ccc(CCN)cc3)cn2)CC1. The Bertz CT molecular complexity index is 819. The Kier molecular flexibility index (Phi) is 5.79. The van der Waals surface area contributed by atoms with Gasteiger partial charge in [0.25, 0.3) is 0 Å². The molecule has 0 atom stereocenters. The van der Waals surface area contributed by atoms with Crippen LogP contribution in [0.15, 0.2) is 36.7 Å². The van der Waals surface area contributed by atoms with Crippen molar-refractivity contribution in [1.82, 2.24) is 14.1 Å². The summed E-state index contributed by atoms with van der Waals surface area (Å²) in [4.78, 5) is 0. The highest BCUT2D eigenvalue weighted by molar-refractivity contribution is 7.89. The summed E-state index contributed by atoms with van der Waals surface area (Å²) in [7, 11) is -3.16. The minimum Gasteiger partial charge on any atom is -0.330 e. The van der Waals surface area contributed by atoms with Crippen molar-refractivity contribution in [2.75, 3.05) is 19.6 Å². The van der Waals surface area contributed by atoms with Gasteiger partial charge in [-0.05, 0) is 50.8 Å². The Morgan fingerprint density at radius 2 is 1.81 bits per heavy atom. The molecule has 2 aromatic rings. The van der Waals surface area contributed by atoms with E-state index in [0.29, 0.717) is 19.6 Å². The van der Waals surface area contributed by atoms with E-state index in [1.165, 1.54) is 5.56 Å². The summed E-state index contributed by atoms with van der Waals surface area (Å²) in [6.07, 6.45) is 6.42. The molecule has 2 N–H and O–H groups in total. The summed E-state index contributed by atoms with van der Waals surface area (Å²) in [5, 5.41) is 4.16. The first-order chi connectivity index (χ1) is 12.4. The van der Waals surface area contributed by atoms with Gasteiger partial charge in [0.1, 0.15) is 0 Å². The molecule has 0 radical (unpaired) electrons. The molecule has 142 valence electrons. The van der Waals surface area contributed by atoms with Crippen molar-refractivity contribution in [1.29, 1.82) is 0 Å². The van der Waals surface area contributed by atoms with E-state index in [1.54, 1.807) is 18.2 Å². The Morgan fingerprint density at radius 1 is 1.15 bits per heavy atom. The molecular formula is C19H28N4O2S. The second-order valence-corrected chi connectivity index (χ2v) is 9.66. The van der Waals surface area contributed by atoms with Crippen molar-refractivity contribution in [3.05, 3.63) is 42.2 Å². The van der Waals surface area contributed by atoms with E-state index in [4.69, 9.17) is 5.73 Å². The number of hydrogen-bond donors (Lipinski definition) is 1. The molecule has 0 spiro atoms. The number of benzene rings is 1. The Morgan fingerprint density at radius 3 is 2.38 bits per heavy atom. The molecular weight excluding hydrogens is 348 g/mol. The van der Waals surface area contributed by atoms with Gasteiger partial charge in [0.2, 0.25) is 10.0 Å². The molecule has 0 unspecified atom stereocenters. The molecule has 26 heavy (non-hydrogen) atoms. The first-order valence-corrected chi connectivity index (χ1v) is 10.7. The lowest BCUT2D eigenvalue weighted by Crippen LogP contribution is -2.42. The Labute approximate surface area is 156 Å². The van der Waals surface area contributed by atoms with Gasteiger partial charge < -0.3 is 5.73 Å². The summed E-state index contributed by atoms with van der Waals surface area (Å²) in [5.41, 5.74) is 9.05. The van der Waals surface area contributed by atoms with Gasteiger partial charge in [-0.3, -0.25) is 4.68 Å². The van der Waals surface area contributed by atoms with Gasteiger partial charge in [-0.1, -0.05) is 24.3 Å². The van der Waals surface area contributed by atoms with Crippen molar-refractivity contribution >= 4 is 10.0 Å².